The van der Waals surface area contributed by atoms with E-state index in [4.69, 9.17) is 19.7 Å². The monoisotopic (exact) mass is 525 g/mol. The number of fused-ring (bicyclic) bond motifs is 1. The second-order valence-electron chi connectivity index (χ2n) is 11.7. The number of aryl methyl sites for hydroxylation is 2. The number of carbonyl (C=O) groups excluding carboxylic acids is 1. The first-order valence-corrected chi connectivity index (χ1v) is 13.7. The Morgan fingerprint density at radius 1 is 1.11 bits per heavy atom. The van der Waals surface area contributed by atoms with Crippen molar-refractivity contribution in [3.8, 4) is 10.6 Å². The number of amides is 1. The van der Waals surface area contributed by atoms with Crippen molar-refractivity contribution in [1.29, 1.82) is 0 Å². The van der Waals surface area contributed by atoms with Crippen LogP contribution in [-0.4, -0.2) is 51.3 Å². The van der Waals surface area contributed by atoms with Crippen LogP contribution in [0.1, 0.15) is 65.3 Å². The fraction of sp³-hybridized carbons (Fsp3) is 0.593. The van der Waals surface area contributed by atoms with Gasteiger partial charge in [-0.1, -0.05) is 20.8 Å². The van der Waals surface area contributed by atoms with Gasteiger partial charge >= 0.3 is 6.09 Å². The number of pyridine rings is 1. The van der Waals surface area contributed by atoms with Crippen molar-refractivity contribution in [2.24, 2.45) is 11.3 Å². The molecule has 200 valence electrons. The molecule has 0 radical (unpaired) electrons. The summed E-state index contributed by atoms with van der Waals surface area (Å²) in [6.07, 6.45) is 4.31. The zero-order valence-electron chi connectivity index (χ0n) is 23.2. The van der Waals surface area contributed by atoms with Crippen LogP contribution in [0.25, 0.3) is 20.8 Å². The Morgan fingerprint density at radius 2 is 1.86 bits per heavy atom. The first kappa shape index (κ1) is 27.0. The highest BCUT2D eigenvalue weighted by molar-refractivity contribution is 7.21. The van der Waals surface area contributed by atoms with Crippen molar-refractivity contribution in [2.45, 2.75) is 79.3 Å². The summed E-state index contributed by atoms with van der Waals surface area (Å²) in [4.78, 5) is 31.0. The second-order valence-corrected chi connectivity index (χ2v) is 12.8. The summed E-state index contributed by atoms with van der Waals surface area (Å²) in [6.45, 7) is 15.4. The van der Waals surface area contributed by atoms with Crippen LogP contribution in [0.3, 0.4) is 0 Å². The Morgan fingerprint density at radius 3 is 2.54 bits per heavy atom. The number of rotatable bonds is 7. The highest BCUT2D eigenvalue weighted by Crippen LogP contribution is 2.40. The van der Waals surface area contributed by atoms with E-state index in [1.54, 1.807) is 11.3 Å². The van der Waals surface area contributed by atoms with Gasteiger partial charge in [0.15, 0.2) is 0 Å². The number of carbonyl (C=O) groups is 1. The lowest BCUT2D eigenvalue weighted by molar-refractivity contribution is 0.147. The Labute approximate surface area is 223 Å². The summed E-state index contributed by atoms with van der Waals surface area (Å²) in [6, 6.07) is 2.22. The van der Waals surface area contributed by atoms with Gasteiger partial charge in [0.25, 0.3) is 0 Å². The molecule has 1 aliphatic rings. The molecule has 1 aliphatic carbocycles. The van der Waals surface area contributed by atoms with Gasteiger partial charge in [-0.05, 0) is 64.4 Å². The van der Waals surface area contributed by atoms with Crippen molar-refractivity contribution in [1.82, 2.24) is 25.3 Å². The third-order valence-electron chi connectivity index (χ3n) is 6.97. The van der Waals surface area contributed by atoms with Gasteiger partial charge in [-0.25, -0.2) is 14.8 Å². The third kappa shape index (κ3) is 6.29. The molecule has 1 saturated carbocycles. The van der Waals surface area contributed by atoms with Gasteiger partial charge < -0.3 is 20.7 Å². The Kier molecular flexibility index (Phi) is 7.60. The zero-order valence-corrected chi connectivity index (χ0v) is 24.0. The summed E-state index contributed by atoms with van der Waals surface area (Å²) in [5.41, 5.74) is 3.36. The summed E-state index contributed by atoms with van der Waals surface area (Å²) >= 11 is 1.64. The molecule has 4 rings (SSSR count). The SMILES string of the molecule is COC(=O)NC(C)(C)C1CC[C@H](Nc2nc(NCC(C)(C)C)nc(C)c2-c2nc3c(C)nccc3s2)C1. The van der Waals surface area contributed by atoms with E-state index in [1.807, 2.05) is 26.1 Å². The van der Waals surface area contributed by atoms with Crippen LogP contribution in [0, 0.1) is 25.2 Å². The number of hydrogen-bond acceptors (Lipinski definition) is 9. The average Bonchev–Trinajstić information content (AvgIpc) is 3.45. The highest BCUT2D eigenvalue weighted by Gasteiger charge is 2.38. The predicted molar refractivity (Wildman–Crippen MR) is 150 cm³/mol. The molecule has 10 heteroatoms. The van der Waals surface area contributed by atoms with Gasteiger partial charge in [0.05, 0.1) is 28.8 Å². The molecule has 0 spiro atoms. The third-order valence-corrected chi connectivity index (χ3v) is 8.01. The lowest BCUT2D eigenvalue weighted by Crippen LogP contribution is -2.48. The van der Waals surface area contributed by atoms with Crippen molar-refractivity contribution >= 4 is 39.4 Å². The first-order valence-electron chi connectivity index (χ1n) is 12.8. The van der Waals surface area contributed by atoms with Gasteiger partial charge in [-0.2, -0.15) is 4.98 Å². The number of alkyl carbamates (subject to hydrolysis) is 1. The summed E-state index contributed by atoms with van der Waals surface area (Å²) in [7, 11) is 1.40. The molecule has 2 atom stereocenters. The predicted octanol–water partition coefficient (Wildman–Crippen LogP) is 5.94. The van der Waals surface area contributed by atoms with Gasteiger partial charge in [0.1, 0.15) is 16.3 Å². The van der Waals surface area contributed by atoms with Crippen LogP contribution in [0.2, 0.25) is 0 Å². The van der Waals surface area contributed by atoms with E-state index in [9.17, 15) is 4.79 Å². The van der Waals surface area contributed by atoms with Crippen molar-refractivity contribution < 1.29 is 9.53 Å². The smallest absolute Gasteiger partial charge is 0.407 e. The fourth-order valence-electron chi connectivity index (χ4n) is 4.82. The van der Waals surface area contributed by atoms with E-state index < -0.39 is 6.09 Å². The van der Waals surface area contributed by atoms with Crippen LogP contribution in [-0.2, 0) is 4.74 Å². The van der Waals surface area contributed by atoms with Crippen LogP contribution in [0.15, 0.2) is 12.3 Å². The molecule has 3 aromatic rings. The van der Waals surface area contributed by atoms with E-state index in [1.165, 1.54) is 7.11 Å². The number of hydrogen-bond donors (Lipinski definition) is 3. The number of anilines is 2. The van der Waals surface area contributed by atoms with Crippen LogP contribution >= 0.6 is 11.3 Å². The molecule has 9 nitrogen and oxygen atoms in total. The topological polar surface area (TPSA) is 114 Å². The zero-order chi connectivity index (χ0) is 27.0. The Bertz CT molecular complexity index is 1280. The average molecular weight is 526 g/mol. The maximum atomic E-state index is 11.9. The Hall–Kier alpha value is -3.01. The normalized spacial score (nSPS) is 18.2. The maximum Gasteiger partial charge on any atom is 0.407 e. The number of methoxy groups -OCH3 is 1. The van der Waals surface area contributed by atoms with Crippen LogP contribution in [0.4, 0.5) is 16.6 Å². The highest BCUT2D eigenvalue weighted by atomic mass is 32.1. The minimum absolute atomic E-state index is 0.0952. The molecule has 1 fully saturated rings. The van der Waals surface area contributed by atoms with E-state index in [0.29, 0.717) is 11.9 Å². The maximum absolute atomic E-state index is 11.9. The molecular formula is C27H39N7O2S. The lowest BCUT2D eigenvalue weighted by Gasteiger charge is -2.32. The van der Waals surface area contributed by atoms with Crippen molar-refractivity contribution in [2.75, 3.05) is 24.3 Å². The molecule has 0 bridgehead atoms. The molecule has 1 amide bonds. The van der Waals surface area contributed by atoms with Crippen LogP contribution < -0.4 is 16.0 Å². The van der Waals surface area contributed by atoms with Gasteiger partial charge in [-0.3, -0.25) is 4.98 Å². The minimum atomic E-state index is -0.398. The largest absolute Gasteiger partial charge is 0.453 e. The van der Waals surface area contributed by atoms with Gasteiger partial charge in [0, 0.05) is 24.3 Å². The van der Waals surface area contributed by atoms with Gasteiger partial charge in [-0.15, -0.1) is 11.3 Å². The quantitative estimate of drug-likeness (QED) is 0.347. The molecule has 0 saturated heterocycles. The molecule has 0 aromatic carbocycles. The molecule has 3 aromatic heterocycles. The molecule has 37 heavy (non-hydrogen) atoms. The first-order chi connectivity index (χ1) is 17.4. The molecule has 3 N–H and O–H groups in total. The standard InChI is InChI=1S/C27H39N7O2S/c1-15-20(23-32-21-16(2)28-12-11-19(21)37-23)22(33-24(30-15)29-14-26(3,4)5)31-18-10-9-17(13-18)27(6,7)34-25(35)36-8/h11-12,17-18H,9-10,13-14H2,1-8H3,(H,34,35)(H2,29,30,31,33)/t17?,18-/m0/s1. The van der Waals surface area contributed by atoms with E-state index >= 15 is 0 Å². The number of nitrogens with one attached hydrogen (secondary N) is 3. The second kappa shape index (κ2) is 10.4. The molecular weight excluding hydrogens is 486 g/mol. The Balaban J connectivity index is 1.66. The number of thiazole rings is 1. The number of nitrogens with zero attached hydrogens (tertiary/aromatic N) is 4. The summed E-state index contributed by atoms with van der Waals surface area (Å²) < 4.78 is 5.94. The molecule has 0 aliphatic heterocycles. The van der Waals surface area contributed by atoms with Crippen molar-refractivity contribution in [3.05, 3.63) is 23.7 Å². The number of ether oxygens (including phenoxy) is 1. The van der Waals surface area contributed by atoms with E-state index in [2.05, 4.69) is 55.6 Å². The fourth-order valence-corrected chi connectivity index (χ4v) is 5.93. The van der Waals surface area contributed by atoms with Crippen molar-refractivity contribution in [3.63, 3.8) is 0 Å². The lowest BCUT2D eigenvalue weighted by atomic mass is 9.86. The minimum Gasteiger partial charge on any atom is -0.453 e. The van der Waals surface area contributed by atoms with Crippen LogP contribution in [0.5, 0.6) is 0 Å². The molecule has 3 heterocycles. The van der Waals surface area contributed by atoms with E-state index in [0.717, 1.165) is 63.8 Å². The van der Waals surface area contributed by atoms with E-state index in [-0.39, 0.29) is 17.0 Å². The number of aromatic nitrogens is 4. The van der Waals surface area contributed by atoms with Gasteiger partial charge in [0.2, 0.25) is 5.95 Å². The molecule has 1 unspecified atom stereocenters. The summed E-state index contributed by atoms with van der Waals surface area (Å²) in [5, 5.41) is 11.0. The summed E-state index contributed by atoms with van der Waals surface area (Å²) in [5.74, 6) is 1.71.